The smallest absolute Gasteiger partial charge is 0.408 e. The van der Waals surface area contributed by atoms with Crippen LogP contribution in [0.4, 0.5) is 20.2 Å². The van der Waals surface area contributed by atoms with Crippen molar-refractivity contribution in [2.24, 2.45) is 5.92 Å². The minimum Gasteiger partial charge on any atom is -0.444 e. The maximum absolute atomic E-state index is 13.1. The van der Waals surface area contributed by atoms with Gasteiger partial charge in [0.15, 0.2) is 0 Å². The lowest BCUT2D eigenvalue weighted by molar-refractivity contribution is -0.138. The summed E-state index contributed by atoms with van der Waals surface area (Å²) in [5.41, 5.74) is -1.15. The molecule has 2 heterocycles. The SMILES string of the molecule is CC(Cc1ccc(-n2ccc(NC(=O)N3CCN(C(=O)C(C)(C)NC(=O)OC(C)(C)C)CC3)nc2=O)cc1)NC[C@H]1C[C@@H](NC(=O)OC(C)(C)C)C1. The molecular formula is C37H56N8O7. The number of ether oxygens (including phenoxy) is 2. The number of carbonyl (C=O) groups excluding carboxylic acids is 4. The third-order valence-electron chi connectivity index (χ3n) is 8.71. The van der Waals surface area contributed by atoms with E-state index in [-0.39, 0.29) is 56.1 Å². The lowest BCUT2D eigenvalue weighted by Gasteiger charge is -2.38. The van der Waals surface area contributed by atoms with Crippen molar-refractivity contribution in [1.82, 2.24) is 35.3 Å². The van der Waals surface area contributed by atoms with Crippen molar-refractivity contribution in [3.63, 3.8) is 0 Å². The van der Waals surface area contributed by atoms with Crippen LogP contribution in [0.25, 0.3) is 5.69 Å². The molecule has 1 aliphatic carbocycles. The topological polar surface area (TPSA) is 176 Å². The molecule has 15 heteroatoms. The zero-order valence-electron chi connectivity index (χ0n) is 32.0. The lowest BCUT2D eigenvalue weighted by atomic mass is 9.80. The summed E-state index contributed by atoms with van der Waals surface area (Å²) in [5.74, 6) is 0.353. The van der Waals surface area contributed by atoms with E-state index in [1.165, 1.54) is 4.57 Å². The first-order chi connectivity index (χ1) is 24.2. The van der Waals surface area contributed by atoms with Gasteiger partial charge in [0, 0.05) is 44.5 Å². The molecule has 15 nitrogen and oxygen atoms in total. The highest BCUT2D eigenvalue weighted by atomic mass is 16.6. The van der Waals surface area contributed by atoms with Crippen molar-refractivity contribution >= 4 is 29.9 Å². The molecule has 1 aliphatic heterocycles. The molecule has 286 valence electrons. The van der Waals surface area contributed by atoms with Gasteiger partial charge in [-0.1, -0.05) is 12.1 Å². The first-order valence-electron chi connectivity index (χ1n) is 18.0. The molecule has 4 rings (SSSR count). The van der Waals surface area contributed by atoms with Gasteiger partial charge in [-0.2, -0.15) is 4.98 Å². The Morgan fingerprint density at radius 2 is 1.42 bits per heavy atom. The zero-order chi connectivity index (χ0) is 38.4. The number of piperazine rings is 1. The number of hydrogen-bond donors (Lipinski definition) is 4. The summed E-state index contributed by atoms with van der Waals surface area (Å²) in [4.78, 5) is 70.4. The van der Waals surface area contributed by atoms with Crippen LogP contribution in [0, 0.1) is 5.92 Å². The van der Waals surface area contributed by atoms with Crippen molar-refractivity contribution in [1.29, 1.82) is 0 Å². The first-order valence-corrected chi connectivity index (χ1v) is 18.0. The first kappa shape index (κ1) is 40.1. The van der Waals surface area contributed by atoms with E-state index in [1.807, 2.05) is 45.0 Å². The van der Waals surface area contributed by atoms with Crippen LogP contribution in [0.5, 0.6) is 0 Å². The summed E-state index contributed by atoms with van der Waals surface area (Å²) in [6.45, 7) is 18.1. The molecule has 1 unspecified atom stereocenters. The van der Waals surface area contributed by atoms with E-state index >= 15 is 0 Å². The molecule has 0 spiro atoms. The summed E-state index contributed by atoms with van der Waals surface area (Å²) in [7, 11) is 0. The van der Waals surface area contributed by atoms with Gasteiger partial charge in [-0.05, 0) is 118 Å². The predicted octanol–water partition coefficient (Wildman–Crippen LogP) is 4.04. The highest BCUT2D eigenvalue weighted by Crippen LogP contribution is 2.27. The fraction of sp³-hybridized carbons (Fsp3) is 0.622. The average molecular weight is 725 g/mol. The minimum atomic E-state index is -1.19. The number of rotatable bonds is 10. The van der Waals surface area contributed by atoms with Crippen LogP contribution in [0.2, 0.25) is 0 Å². The molecular weight excluding hydrogens is 668 g/mol. The number of amides is 5. The van der Waals surface area contributed by atoms with Crippen molar-refractivity contribution in [2.45, 2.75) is 110 Å². The molecule has 1 saturated carbocycles. The van der Waals surface area contributed by atoms with Gasteiger partial charge in [-0.25, -0.2) is 19.2 Å². The number of benzene rings is 1. The molecule has 0 bridgehead atoms. The van der Waals surface area contributed by atoms with E-state index in [9.17, 15) is 24.0 Å². The molecule has 1 atom stereocenters. The van der Waals surface area contributed by atoms with Crippen molar-refractivity contribution in [2.75, 3.05) is 38.0 Å². The molecule has 1 aromatic heterocycles. The van der Waals surface area contributed by atoms with Crippen LogP contribution in [-0.4, -0.2) is 105 Å². The second kappa shape index (κ2) is 16.3. The minimum absolute atomic E-state index is 0.127. The van der Waals surface area contributed by atoms with Crippen LogP contribution < -0.4 is 27.0 Å². The highest BCUT2D eigenvalue weighted by Gasteiger charge is 2.37. The van der Waals surface area contributed by atoms with E-state index in [2.05, 4.69) is 33.2 Å². The van der Waals surface area contributed by atoms with Gasteiger partial charge in [-0.15, -0.1) is 0 Å². The van der Waals surface area contributed by atoms with E-state index in [0.29, 0.717) is 11.6 Å². The summed E-state index contributed by atoms with van der Waals surface area (Å²) in [5, 5.41) is 11.8. The Labute approximate surface area is 306 Å². The molecule has 5 amide bonds. The number of alkyl carbamates (subject to hydrolysis) is 2. The Morgan fingerprint density at radius 3 is 2.00 bits per heavy atom. The lowest BCUT2D eigenvalue weighted by Crippen LogP contribution is -2.60. The molecule has 52 heavy (non-hydrogen) atoms. The monoisotopic (exact) mass is 724 g/mol. The maximum Gasteiger partial charge on any atom is 0.408 e. The van der Waals surface area contributed by atoms with Crippen LogP contribution in [0.1, 0.15) is 80.7 Å². The molecule has 1 aromatic carbocycles. The second-order valence-electron chi connectivity index (χ2n) is 16.3. The number of urea groups is 1. The Hall–Kier alpha value is -4.66. The van der Waals surface area contributed by atoms with Gasteiger partial charge < -0.3 is 35.2 Å². The van der Waals surface area contributed by atoms with Gasteiger partial charge in [0.25, 0.3) is 0 Å². The van der Waals surface area contributed by atoms with Gasteiger partial charge in [0.2, 0.25) is 5.91 Å². The fourth-order valence-corrected chi connectivity index (χ4v) is 6.06. The fourth-order valence-electron chi connectivity index (χ4n) is 6.06. The number of carbonyl (C=O) groups is 4. The summed E-state index contributed by atoms with van der Waals surface area (Å²) in [6, 6.07) is 9.25. The van der Waals surface area contributed by atoms with Crippen LogP contribution in [0.3, 0.4) is 0 Å². The quantitative estimate of drug-likeness (QED) is 0.282. The number of hydrogen-bond acceptors (Lipinski definition) is 9. The zero-order valence-corrected chi connectivity index (χ0v) is 32.0. The summed E-state index contributed by atoms with van der Waals surface area (Å²) in [6.07, 6.45) is 3.19. The molecule has 0 radical (unpaired) electrons. The predicted molar refractivity (Wildman–Crippen MR) is 198 cm³/mol. The third kappa shape index (κ3) is 12.0. The van der Waals surface area contributed by atoms with E-state index in [1.54, 1.807) is 56.7 Å². The molecule has 1 saturated heterocycles. The standard InChI is InChI=1S/C37H56N8O7/c1-24(38-23-26-21-27(22-26)39-33(49)51-35(2,3)4)20-25-10-12-28(13-11-25)45-15-14-29(41-32(45)48)40-31(47)44-18-16-43(17-19-44)30(46)37(8,9)42-34(50)52-36(5,6)7/h10-15,24,26-27,38H,16-23H2,1-9H3,(H,39,49)(H,42,50)(H,40,41,47,48)/t24?,26-,27+. The summed E-state index contributed by atoms with van der Waals surface area (Å²) >= 11 is 0. The van der Waals surface area contributed by atoms with Crippen LogP contribution in [0.15, 0.2) is 41.3 Å². The number of nitrogens with zero attached hydrogens (tertiary/aromatic N) is 4. The molecule has 2 aromatic rings. The molecule has 2 fully saturated rings. The van der Waals surface area contributed by atoms with E-state index < -0.39 is 34.6 Å². The van der Waals surface area contributed by atoms with Crippen molar-refractivity contribution < 1.29 is 28.7 Å². The summed E-state index contributed by atoms with van der Waals surface area (Å²) < 4.78 is 12.0. The van der Waals surface area contributed by atoms with Gasteiger partial charge in [0.1, 0.15) is 22.6 Å². The molecule has 2 aliphatic rings. The van der Waals surface area contributed by atoms with E-state index in [4.69, 9.17) is 9.47 Å². The Kier molecular flexibility index (Phi) is 12.6. The highest BCUT2D eigenvalue weighted by molar-refractivity contribution is 5.90. The van der Waals surface area contributed by atoms with Gasteiger partial charge in [0.05, 0.1) is 5.69 Å². The van der Waals surface area contributed by atoms with E-state index in [0.717, 1.165) is 31.4 Å². The Morgan fingerprint density at radius 1 is 0.846 bits per heavy atom. The number of nitrogens with one attached hydrogen (secondary N) is 4. The van der Waals surface area contributed by atoms with Crippen molar-refractivity contribution in [3.05, 3.63) is 52.6 Å². The van der Waals surface area contributed by atoms with Gasteiger partial charge >= 0.3 is 23.9 Å². The third-order valence-corrected chi connectivity index (χ3v) is 8.71. The average Bonchev–Trinajstić information content (AvgIpc) is 3.00. The number of aromatic nitrogens is 2. The maximum atomic E-state index is 13.1. The normalized spacial score (nSPS) is 18.5. The Bertz CT molecular complexity index is 1630. The van der Waals surface area contributed by atoms with Crippen LogP contribution in [-0.2, 0) is 20.7 Å². The largest absolute Gasteiger partial charge is 0.444 e. The van der Waals surface area contributed by atoms with Gasteiger partial charge in [-0.3, -0.25) is 14.7 Å². The van der Waals surface area contributed by atoms with Crippen LogP contribution >= 0.6 is 0 Å². The number of anilines is 1. The second-order valence-corrected chi connectivity index (χ2v) is 16.3. The van der Waals surface area contributed by atoms with Crippen molar-refractivity contribution in [3.8, 4) is 5.69 Å². The Balaban J connectivity index is 1.19. The molecule has 4 N–H and O–H groups in total.